The van der Waals surface area contributed by atoms with E-state index in [-0.39, 0.29) is 6.29 Å². The fourth-order valence-corrected chi connectivity index (χ4v) is 2.16. The van der Waals surface area contributed by atoms with Crippen LogP contribution < -0.4 is 4.74 Å². The molecule has 0 unspecified atom stereocenters. The van der Waals surface area contributed by atoms with E-state index in [1.165, 1.54) is 5.56 Å². The van der Waals surface area contributed by atoms with Gasteiger partial charge in [-0.15, -0.1) is 0 Å². The summed E-state index contributed by atoms with van der Waals surface area (Å²) in [5.74, 6) is 1.32. The topological polar surface area (TPSA) is 36.9 Å². The Balaban J connectivity index is 1.91. The van der Waals surface area contributed by atoms with Crippen LogP contribution in [-0.2, 0) is 14.2 Å². The van der Waals surface area contributed by atoms with Gasteiger partial charge in [0.2, 0.25) is 0 Å². The molecular weight excluding hydrogens is 220 g/mol. The van der Waals surface area contributed by atoms with Gasteiger partial charge in [-0.25, -0.2) is 0 Å². The highest BCUT2D eigenvalue weighted by Gasteiger charge is 2.26. The standard InChI is InChI=1S/C13H16O4/c1-14-12-3-2-9(10-7-15-8-10)6-11(12)13-16-4-5-17-13/h2-3,6,10,13H,4-5,7-8H2,1H3. The summed E-state index contributed by atoms with van der Waals surface area (Å²) in [4.78, 5) is 0. The smallest absolute Gasteiger partial charge is 0.187 e. The second-order valence-electron chi connectivity index (χ2n) is 4.31. The van der Waals surface area contributed by atoms with Gasteiger partial charge in [0.1, 0.15) is 5.75 Å². The third-order valence-electron chi connectivity index (χ3n) is 3.24. The predicted octanol–water partition coefficient (Wildman–Crippen LogP) is 1.85. The molecule has 2 fully saturated rings. The Kier molecular flexibility index (Phi) is 3.01. The van der Waals surface area contributed by atoms with E-state index in [0.717, 1.165) is 24.5 Å². The molecule has 17 heavy (non-hydrogen) atoms. The zero-order valence-corrected chi connectivity index (χ0v) is 9.85. The third kappa shape index (κ3) is 2.04. The Morgan fingerprint density at radius 3 is 2.53 bits per heavy atom. The number of hydrogen-bond donors (Lipinski definition) is 0. The number of hydrogen-bond acceptors (Lipinski definition) is 4. The molecule has 0 bridgehead atoms. The van der Waals surface area contributed by atoms with Crippen molar-refractivity contribution in [1.29, 1.82) is 0 Å². The van der Waals surface area contributed by atoms with Gasteiger partial charge < -0.3 is 18.9 Å². The van der Waals surface area contributed by atoms with E-state index >= 15 is 0 Å². The molecule has 4 nitrogen and oxygen atoms in total. The number of ether oxygens (including phenoxy) is 4. The molecule has 0 aromatic heterocycles. The van der Waals surface area contributed by atoms with Crippen LogP contribution in [-0.4, -0.2) is 33.5 Å². The lowest BCUT2D eigenvalue weighted by Crippen LogP contribution is -2.25. The maximum Gasteiger partial charge on any atom is 0.187 e. The largest absolute Gasteiger partial charge is 0.496 e. The Hall–Kier alpha value is -1.10. The number of methoxy groups -OCH3 is 1. The average Bonchev–Trinajstić information content (AvgIpc) is 2.80. The lowest BCUT2D eigenvalue weighted by atomic mass is 9.95. The van der Waals surface area contributed by atoms with Crippen LogP contribution in [0.15, 0.2) is 18.2 Å². The van der Waals surface area contributed by atoms with Gasteiger partial charge in [0.15, 0.2) is 6.29 Å². The summed E-state index contributed by atoms with van der Waals surface area (Å²) in [6.45, 7) is 2.89. The fourth-order valence-electron chi connectivity index (χ4n) is 2.16. The van der Waals surface area contributed by atoms with Crippen molar-refractivity contribution in [1.82, 2.24) is 0 Å². The number of rotatable bonds is 3. The van der Waals surface area contributed by atoms with Gasteiger partial charge in [-0.05, 0) is 17.7 Å². The third-order valence-corrected chi connectivity index (χ3v) is 3.24. The van der Waals surface area contributed by atoms with Crippen LogP contribution in [0.25, 0.3) is 0 Å². The van der Waals surface area contributed by atoms with Gasteiger partial charge in [0, 0.05) is 11.5 Å². The van der Waals surface area contributed by atoms with Crippen LogP contribution in [0.1, 0.15) is 23.3 Å². The van der Waals surface area contributed by atoms with Crippen LogP contribution in [0.2, 0.25) is 0 Å². The highest BCUT2D eigenvalue weighted by Crippen LogP contribution is 2.35. The van der Waals surface area contributed by atoms with Crippen molar-refractivity contribution in [3.05, 3.63) is 29.3 Å². The molecule has 2 aliphatic rings. The van der Waals surface area contributed by atoms with E-state index in [1.807, 2.05) is 6.07 Å². The van der Waals surface area contributed by atoms with Gasteiger partial charge in [-0.1, -0.05) is 6.07 Å². The molecule has 3 rings (SSSR count). The van der Waals surface area contributed by atoms with E-state index in [4.69, 9.17) is 18.9 Å². The molecule has 4 heteroatoms. The summed E-state index contributed by atoms with van der Waals surface area (Å²) in [5, 5.41) is 0. The minimum atomic E-state index is -0.286. The van der Waals surface area contributed by atoms with Gasteiger partial charge in [-0.3, -0.25) is 0 Å². The molecule has 0 saturated carbocycles. The van der Waals surface area contributed by atoms with Crippen molar-refractivity contribution < 1.29 is 18.9 Å². The van der Waals surface area contributed by atoms with Crippen LogP contribution in [0, 0.1) is 0 Å². The van der Waals surface area contributed by atoms with Crippen molar-refractivity contribution in [2.24, 2.45) is 0 Å². The molecule has 0 atom stereocenters. The van der Waals surface area contributed by atoms with Gasteiger partial charge in [-0.2, -0.15) is 0 Å². The molecule has 92 valence electrons. The van der Waals surface area contributed by atoms with Crippen LogP contribution in [0.3, 0.4) is 0 Å². The van der Waals surface area contributed by atoms with Gasteiger partial charge in [0.05, 0.1) is 33.5 Å². The molecule has 0 N–H and O–H groups in total. The average molecular weight is 236 g/mol. The predicted molar refractivity (Wildman–Crippen MR) is 61.2 cm³/mol. The first-order chi connectivity index (χ1) is 8.38. The van der Waals surface area contributed by atoms with E-state index in [0.29, 0.717) is 19.1 Å². The minimum Gasteiger partial charge on any atom is -0.496 e. The highest BCUT2D eigenvalue weighted by atomic mass is 16.7. The monoisotopic (exact) mass is 236 g/mol. The van der Waals surface area contributed by atoms with Crippen LogP contribution >= 0.6 is 0 Å². The molecule has 1 aromatic rings. The lowest BCUT2D eigenvalue weighted by molar-refractivity contribution is -0.0457. The Morgan fingerprint density at radius 1 is 1.18 bits per heavy atom. The molecule has 2 heterocycles. The SMILES string of the molecule is COc1ccc(C2COC2)cc1C1OCCO1. The van der Waals surface area contributed by atoms with Crippen molar-refractivity contribution in [3.8, 4) is 5.75 Å². The van der Waals surface area contributed by atoms with E-state index in [2.05, 4.69) is 12.1 Å². The van der Waals surface area contributed by atoms with Crippen molar-refractivity contribution in [2.45, 2.75) is 12.2 Å². The molecular formula is C13H16O4. The van der Waals surface area contributed by atoms with Crippen molar-refractivity contribution in [2.75, 3.05) is 33.5 Å². The van der Waals surface area contributed by atoms with E-state index in [1.54, 1.807) is 7.11 Å². The molecule has 0 aliphatic carbocycles. The second-order valence-corrected chi connectivity index (χ2v) is 4.31. The first-order valence-electron chi connectivity index (χ1n) is 5.87. The maximum atomic E-state index is 5.53. The summed E-state index contributed by atoms with van der Waals surface area (Å²) in [7, 11) is 1.67. The minimum absolute atomic E-state index is 0.286. The summed E-state index contributed by atoms with van der Waals surface area (Å²) in [5.41, 5.74) is 2.25. The van der Waals surface area contributed by atoms with Crippen LogP contribution in [0.4, 0.5) is 0 Å². The van der Waals surface area contributed by atoms with E-state index in [9.17, 15) is 0 Å². The molecule has 0 radical (unpaired) electrons. The normalized spacial score (nSPS) is 21.5. The number of benzene rings is 1. The zero-order valence-electron chi connectivity index (χ0n) is 9.85. The lowest BCUT2D eigenvalue weighted by Gasteiger charge is -2.27. The summed E-state index contributed by atoms with van der Waals surface area (Å²) >= 11 is 0. The molecule has 2 saturated heterocycles. The maximum absolute atomic E-state index is 5.53. The first kappa shape index (κ1) is 11.0. The van der Waals surface area contributed by atoms with Gasteiger partial charge >= 0.3 is 0 Å². The second kappa shape index (κ2) is 4.64. The summed E-state index contributed by atoms with van der Waals surface area (Å²) < 4.78 is 21.6. The fraction of sp³-hybridized carbons (Fsp3) is 0.538. The molecule has 0 spiro atoms. The molecule has 0 amide bonds. The summed E-state index contributed by atoms with van der Waals surface area (Å²) in [6.07, 6.45) is -0.286. The Morgan fingerprint density at radius 2 is 1.94 bits per heavy atom. The molecule has 1 aromatic carbocycles. The Labute approximate surface area is 100 Å². The van der Waals surface area contributed by atoms with Crippen molar-refractivity contribution in [3.63, 3.8) is 0 Å². The quantitative estimate of drug-likeness (QED) is 0.802. The zero-order chi connectivity index (χ0) is 11.7. The first-order valence-corrected chi connectivity index (χ1v) is 5.87. The Bertz CT molecular complexity index is 394. The van der Waals surface area contributed by atoms with E-state index < -0.39 is 0 Å². The summed E-state index contributed by atoms with van der Waals surface area (Å²) in [6, 6.07) is 6.18. The van der Waals surface area contributed by atoms with Crippen LogP contribution in [0.5, 0.6) is 5.75 Å². The van der Waals surface area contributed by atoms with Crippen molar-refractivity contribution >= 4 is 0 Å². The highest BCUT2D eigenvalue weighted by molar-refractivity contribution is 5.40. The molecule has 2 aliphatic heterocycles. The van der Waals surface area contributed by atoms with Gasteiger partial charge in [0.25, 0.3) is 0 Å².